The Morgan fingerprint density at radius 1 is 1.25 bits per heavy atom. The fraction of sp³-hybridized carbons (Fsp3) is 0.429. The van der Waals surface area contributed by atoms with E-state index in [1.807, 2.05) is 13.8 Å². The molecule has 134 valence electrons. The summed E-state index contributed by atoms with van der Waals surface area (Å²) in [5.74, 6) is -3.36. The molecule has 1 atom stereocenters. The van der Waals surface area contributed by atoms with E-state index in [4.69, 9.17) is 9.29 Å². The molecule has 0 heterocycles. The van der Waals surface area contributed by atoms with Crippen molar-refractivity contribution in [3.05, 3.63) is 29.8 Å². The Bertz CT molecular complexity index is 698. The van der Waals surface area contributed by atoms with E-state index < -0.39 is 33.9 Å². The van der Waals surface area contributed by atoms with Crippen molar-refractivity contribution in [3.63, 3.8) is 0 Å². The summed E-state index contributed by atoms with van der Waals surface area (Å²) in [5.41, 5.74) is 1.01. The summed E-state index contributed by atoms with van der Waals surface area (Å²) < 4.78 is 63.3. The molecule has 1 rings (SSSR count). The minimum absolute atomic E-state index is 0.102. The average molecular weight is 366 g/mol. The zero-order valence-corrected chi connectivity index (χ0v) is 13.7. The molecule has 1 aromatic carbocycles. The van der Waals surface area contributed by atoms with Crippen LogP contribution in [0.15, 0.2) is 24.3 Å². The molecule has 10 heteroatoms. The third-order valence-electron chi connectivity index (χ3n) is 3.18. The van der Waals surface area contributed by atoms with Gasteiger partial charge in [-0.05, 0) is 30.0 Å². The van der Waals surface area contributed by atoms with Gasteiger partial charge in [0.05, 0.1) is 0 Å². The summed E-state index contributed by atoms with van der Waals surface area (Å²) in [6.07, 6.45) is 0.914. The molecule has 0 fully saturated rings. The van der Waals surface area contributed by atoms with Crippen LogP contribution < -0.4 is 4.74 Å². The van der Waals surface area contributed by atoms with Crippen LogP contribution in [0.1, 0.15) is 31.7 Å². The van der Waals surface area contributed by atoms with Gasteiger partial charge >= 0.3 is 27.3 Å². The van der Waals surface area contributed by atoms with Gasteiger partial charge in [-0.2, -0.15) is 17.2 Å². The number of halogens is 2. The second kappa shape index (κ2) is 7.67. The molecule has 0 aliphatic rings. The van der Waals surface area contributed by atoms with Crippen molar-refractivity contribution in [2.24, 2.45) is 0 Å². The molecule has 0 saturated carbocycles. The average Bonchev–Trinajstić information content (AvgIpc) is 2.51. The second-order valence-corrected chi connectivity index (χ2v) is 6.38. The van der Waals surface area contributed by atoms with Gasteiger partial charge in [0.2, 0.25) is 0 Å². The first-order valence-electron chi connectivity index (χ1n) is 6.81. The van der Waals surface area contributed by atoms with Gasteiger partial charge in [0.25, 0.3) is 0 Å². The maximum absolute atomic E-state index is 12.9. The lowest BCUT2D eigenvalue weighted by atomic mass is 9.99. The quantitative estimate of drug-likeness (QED) is 0.447. The van der Waals surface area contributed by atoms with E-state index in [2.05, 4.69) is 4.74 Å². The number of carbonyl (C=O) groups excluding carboxylic acids is 2. The summed E-state index contributed by atoms with van der Waals surface area (Å²) >= 11 is 0. The van der Waals surface area contributed by atoms with E-state index in [0.717, 1.165) is 12.0 Å². The summed E-state index contributed by atoms with van der Waals surface area (Å²) in [6, 6.07) is 6.40. The number of benzene rings is 1. The molecule has 1 unspecified atom stereocenters. The second-order valence-electron chi connectivity index (χ2n) is 4.92. The molecule has 1 N–H and O–H groups in total. The number of ether oxygens (including phenoxy) is 2. The zero-order valence-electron chi connectivity index (χ0n) is 12.9. The fourth-order valence-corrected chi connectivity index (χ4v) is 1.84. The normalized spacial score (nSPS) is 13.2. The monoisotopic (exact) mass is 366 g/mol. The molecule has 0 aliphatic carbocycles. The SMILES string of the molecule is CCC(C)c1ccc(OC(=O)COC(=O)C(F)(F)S(=O)(=O)O)cc1. The molecular weight excluding hydrogens is 350 g/mol. The van der Waals surface area contributed by atoms with E-state index in [0.29, 0.717) is 5.92 Å². The number of esters is 2. The lowest BCUT2D eigenvalue weighted by Crippen LogP contribution is -2.40. The van der Waals surface area contributed by atoms with Gasteiger partial charge < -0.3 is 9.47 Å². The summed E-state index contributed by atoms with van der Waals surface area (Å²) in [5, 5.41) is -5.16. The summed E-state index contributed by atoms with van der Waals surface area (Å²) in [7, 11) is -5.98. The standard InChI is InChI=1S/C14H16F2O7S/c1-3-9(2)10-4-6-11(7-5-10)23-12(17)8-22-13(18)14(15,16)24(19,20)21/h4-7,9H,3,8H2,1-2H3,(H,19,20,21). The fourth-order valence-electron chi connectivity index (χ4n) is 1.57. The highest BCUT2D eigenvalue weighted by Gasteiger charge is 2.54. The van der Waals surface area contributed by atoms with Crippen molar-refractivity contribution in [2.75, 3.05) is 6.61 Å². The number of rotatable bonds is 7. The van der Waals surface area contributed by atoms with E-state index in [9.17, 15) is 26.8 Å². The Labute approximate surface area is 137 Å². The minimum atomic E-state index is -5.98. The van der Waals surface area contributed by atoms with Crippen LogP contribution in [0.25, 0.3) is 0 Å². The Kier molecular flexibility index (Phi) is 6.38. The van der Waals surface area contributed by atoms with Crippen LogP contribution in [0.3, 0.4) is 0 Å². The van der Waals surface area contributed by atoms with Crippen LogP contribution in [0.5, 0.6) is 5.75 Å². The maximum atomic E-state index is 12.9. The molecule has 0 amide bonds. The van der Waals surface area contributed by atoms with Gasteiger partial charge in [-0.3, -0.25) is 4.55 Å². The van der Waals surface area contributed by atoms with Crippen LogP contribution in [0, 0.1) is 0 Å². The molecule has 24 heavy (non-hydrogen) atoms. The number of alkyl halides is 2. The van der Waals surface area contributed by atoms with E-state index in [1.54, 1.807) is 12.1 Å². The van der Waals surface area contributed by atoms with Gasteiger partial charge in [0.1, 0.15) is 5.75 Å². The lowest BCUT2D eigenvalue weighted by molar-refractivity contribution is -0.166. The Balaban J connectivity index is 2.60. The predicted octanol–water partition coefficient (Wildman–Crippen LogP) is 2.13. The Hall–Kier alpha value is -2.07. The van der Waals surface area contributed by atoms with Gasteiger partial charge in [-0.25, -0.2) is 9.59 Å². The van der Waals surface area contributed by atoms with E-state index in [1.165, 1.54) is 12.1 Å². The van der Waals surface area contributed by atoms with Crippen molar-refractivity contribution in [3.8, 4) is 5.75 Å². The number of hydrogen-bond donors (Lipinski definition) is 1. The maximum Gasteiger partial charge on any atom is 0.465 e. The van der Waals surface area contributed by atoms with Crippen LogP contribution in [0.4, 0.5) is 8.78 Å². The molecule has 0 radical (unpaired) electrons. The van der Waals surface area contributed by atoms with E-state index in [-0.39, 0.29) is 5.75 Å². The van der Waals surface area contributed by atoms with Crippen LogP contribution >= 0.6 is 0 Å². The highest BCUT2D eigenvalue weighted by Crippen LogP contribution is 2.23. The lowest BCUT2D eigenvalue weighted by Gasteiger charge is -2.12. The smallest absolute Gasteiger partial charge is 0.448 e. The van der Waals surface area contributed by atoms with Gasteiger partial charge in [-0.15, -0.1) is 0 Å². The van der Waals surface area contributed by atoms with Crippen molar-refractivity contribution >= 4 is 22.1 Å². The summed E-state index contributed by atoms with van der Waals surface area (Å²) in [6.45, 7) is 2.78. The number of carbonyl (C=O) groups is 2. The molecule has 0 aromatic heterocycles. The van der Waals surface area contributed by atoms with Gasteiger partial charge in [0.15, 0.2) is 6.61 Å². The zero-order chi connectivity index (χ0) is 18.5. The molecule has 1 aromatic rings. The highest BCUT2D eigenvalue weighted by atomic mass is 32.2. The Morgan fingerprint density at radius 3 is 2.25 bits per heavy atom. The first kappa shape index (κ1) is 20.0. The minimum Gasteiger partial charge on any atom is -0.448 e. The number of hydrogen-bond acceptors (Lipinski definition) is 6. The predicted molar refractivity (Wildman–Crippen MR) is 78.2 cm³/mol. The van der Waals surface area contributed by atoms with Gasteiger partial charge in [-0.1, -0.05) is 26.0 Å². The molecular formula is C14H16F2O7S. The highest BCUT2D eigenvalue weighted by molar-refractivity contribution is 7.87. The first-order valence-corrected chi connectivity index (χ1v) is 8.25. The topological polar surface area (TPSA) is 107 Å². The van der Waals surface area contributed by atoms with Crippen molar-refractivity contribution < 1.29 is 40.8 Å². The van der Waals surface area contributed by atoms with Crippen molar-refractivity contribution in [1.29, 1.82) is 0 Å². The van der Waals surface area contributed by atoms with E-state index >= 15 is 0 Å². The summed E-state index contributed by atoms with van der Waals surface area (Å²) in [4.78, 5) is 22.3. The largest absolute Gasteiger partial charge is 0.465 e. The van der Waals surface area contributed by atoms with Gasteiger partial charge in [0, 0.05) is 0 Å². The molecule has 0 saturated heterocycles. The first-order chi connectivity index (χ1) is 11.0. The molecule has 0 spiro atoms. The van der Waals surface area contributed by atoms with Crippen LogP contribution in [0.2, 0.25) is 0 Å². The third kappa shape index (κ3) is 4.96. The Morgan fingerprint density at radius 2 is 1.79 bits per heavy atom. The van der Waals surface area contributed by atoms with Crippen LogP contribution in [-0.4, -0.2) is 36.8 Å². The molecule has 0 aliphatic heterocycles. The molecule has 0 bridgehead atoms. The van der Waals surface area contributed by atoms with Crippen LogP contribution in [-0.2, 0) is 24.4 Å². The molecule has 7 nitrogen and oxygen atoms in total. The van der Waals surface area contributed by atoms with Crippen molar-refractivity contribution in [2.45, 2.75) is 31.4 Å². The third-order valence-corrected chi connectivity index (χ3v) is 3.99. The van der Waals surface area contributed by atoms with Crippen molar-refractivity contribution in [1.82, 2.24) is 0 Å².